The molecular weight excluding hydrogens is 589 g/mol. The number of nitrogens with zero attached hydrogens (tertiary/aromatic N) is 2. The van der Waals surface area contributed by atoms with Crippen LogP contribution in [0.5, 0.6) is 5.75 Å². The molecule has 3 N–H and O–H groups in total. The lowest BCUT2D eigenvalue weighted by atomic mass is 10.1. The monoisotopic (exact) mass is 606 g/mol. The molecular formula is C21H17F3N4O8S3. The smallest absolute Gasteiger partial charge is 0.416 e. The molecule has 0 aliphatic carbocycles. The maximum atomic E-state index is 13.5. The van der Waals surface area contributed by atoms with E-state index in [1.807, 2.05) is 5.32 Å². The van der Waals surface area contributed by atoms with Crippen molar-refractivity contribution < 1.29 is 49.4 Å². The SMILES string of the molecule is O=C(O)Nc1ccc2c(c1)N(S(=O)(=O)c1cccc(C(F)(F)F)c1)CC(CC(=O)NS(=O)(=O)c1nccs1)O2. The predicted molar refractivity (Wildman–Crippen MR) is 131 cm³/mol. The molecule has 2 aromatic carbocycles. The molecule has 0 radical (unpaired) electrons. The van der Waals surface area contributed by atoms with Crippen LogP contribution in [0.15, 0.2) is 63.3 Å². The van der Waals surface area contributed by atoms with Crippen LogP contribution in [0.3, 0.4) is 0 Å². The molecule has 1 aromatic heterocycles. The second-order valence-electron chi connectivity index (χ2n) is 7.95. The highest BCUT2D eigenvalue weighted by atomic mass is 32.2. The van der Waals surface area contributed by atoms with Gasteiger partial charge in [0, 0.05) is 17.3 Å². The number of carboxylic acid groups (broad SMARTS) is 1. The summed E-state index contributed by atoms with van der Waals surface area (Å²) < 4.78 is 99.3. The van der Waals surface area contributed by atoms with Crippen molar-refractivity contribution in [3.63, 3.8) is 0 Å². The molecule has 18 heteroatoms. The quantitative estimate of drug-likeness (QED) is 0.365. The van der Waals surface area contributed by atoms with Crippen LogP contribution < -0.4 is 19.1 Å². The number of benzene rings is 2. The molecule has 1 aliphatic heterocycles. The summed E-state index contributed by atoms with van der Waals surface area (Å²) >= 11 is 0.758. The van der Waals surface area contributed by atoms with Crippen LogP contribution >= 0.6 is 11.3 Å². The molecule has 4 rings (SSSR count). The van der Waals surface area contributed by atoms with Crippen LogP contribution in [-0.4, -0.2) is 51.6 Å². The normalized spacial score (nSPS) is 15.7. The minimum atomic E-state index is -4.84. The van der Waals surface area contributed by atoms with E-state index in [2.05, 4.69) is 4.98 Å². The first kappa shape index (κ1) is 28.1. The van der Waals surface area contributed by atoms with Crippen molar-refractivity contribution >= 4 is 54.8 Å². The molecule has 2 heterocycles. The number of fused-ring (bicyclic) bond motifs is 1. The summed E-state index contributed by atoms with van der Waals surface area (Å²) in [5, 5.41) is 12.4. The van der Waals surface area contributed by atoms with Crippen molar-refractivity contribution in [2.24, 2.45) is 0 Å². The zero-order chi connectivity index (χ0) is 28.6. The van der Waals surface area contributed by atoms with Crippen LogP contribution in [-0.2, 0) is 31.0 Å². The summed E-state index contributed by atoms with van der Waals surface area (Å²) in [6.45, 7) is -0.618. The molecule has 2 amide bonds. The fourth-order valence-corrected chi connectivity index (χ4v) is 6.97. The van der Waals surface area contributed by atoms with Crippen LogP contribution in [0.1, 0.15) is 12.0 Å². The average Bonchev–Trinajstić information content (AvgIpc) is 3.39. The fraction of sp³-hybridized carbons (Fsp3) is 0.190. The van der Waals surface area contributed by atoms with Gasteiger partial charge in [-0.15, -0.1) is 11.3 Å². The Labute approximate surface area is 223 Å². The van der Waals surface area contributed by atoms with Crippen LogP contribution in [0.25, 0.3) is 0 Å². The van der Waals surface area contributed by atoms with E-state index in [1.165, 1.54) is 23.7 Å². The summed E-state index contributed by atoms with van der Waals surface area (Å²) in [4.78, 5) is 26.5. The van der Waals surface area contributed by atoms with E-state index in [4.69, 9.17) is 9.84 Å². The summed E-state index contributed by atoms with van der Waals surface area (Å²) in [6, 6.07) is 6.51. The Kier molecular flexibility index (Phi) is 7.46. The van der Waals surface area contributed by atoms with Crippen molar-refractivity contribution in [1.29, 1.82) is 0 Å². The van der Waals surface area contributed by atoms with E-state index in [9.17, 15) is 39.6 Å². The molecule has 3 aromatic rings. The van der Waals surface area contributed by atoms with Crippen molar-refractivity contribution in [2.45, 2.75) is 27.9 Å². The highest BCUT2D eigenvalue weighted by Gasteiger charge is 2.38. The molecule has 1 aliphatic rings. The first-order chi connectivity index (χ1) is 18.2. The third-order valence-electron chi connectivity index (χ3n) is 5.19. The van der Waals surface area contributed by atoms with Crippen molar-refractivity contribution in [1.82, 2.24) is 9.71 Å². The Morgan fingerprint density at radius 3 is 2.54 bits per heavy atom. The van der Waals surface area contributed by atoms with Gasteiger partial charge in [-0.05, 0) is 36.4 Å². The molecule has 1 unspecified atom stereocenters. The minimum Gasteiger partial charge on any atom is -0.486 e. The number of halogens is 3. The zero-order valence-corrected chi connectivity index (χ0v) is 21.7. The van der Waals surface area contributed by atoms with E-state index < -0.39 is 67.8 Å². The Bertz CT molecular complexity index is 1630. The van der Waals surface area contributed by atoms with E-state index >= 15 is 0 Å². The molecule has 0 saturated carbocycles. The van der Waals surface area contributed by atoms with Gasteiger partial charge in [0.05, 0.1) is 29.1 Å². The first-order valence-electron chi connectivity index (χ1n) is 10.6. The maximum absolute atomic E-state index is 13.5. The van der Waals surface area contributed by atoms with E-state index in [1.54, 1.807) is 4.72 Å². The number of nitrogens with one attached hydrogen (secondary N) is 2. The van der Waals surface area contributed by atoms with Gasteiger partial charge in [-0.1, -0.05) is 6.07 Å². The van der Waals surface area contributed by atoms with Gasteiger partial charge < -0.3 is 9.84 Å². The van der Waals surface area contributed by atoms with Crippen molar-refractivity contribution in [3.05, 3.63) is 59.6 Å². The van der Waals surface area contributed by atoms with Gasteiger partial charge in [0.25, 0.3) is 20.0 Å². The number of sulfonamides is 2. The van der Waals surface area contributed by atoms with E-state index in [0.717, 1.165) is 29.5 Å². The summed E-state index contributed by atoms with van der Waals surface area (Å²) in [7, 11) is -9.02. The molecule has 1 atom stereocenters. The number of carbonyl (C=O) groups excluding carboxylic acids is 1. The Morgan fingerprint density at radius 2 is 1.90 bits per heavy atom. The molecule has 0 spiro atoms. The van der Waals surface area contributed by atoms with Gasteiger partial charge in [-0.25, -0.2) is 22.9 Å². The lowest BCUT2D eigenvalue weighted by Crippen LogP contribution is -2.46. The lowest BCUT2D eigenvalue weighted by Gasteiger charge is -2.35. The zero-order valence-electron chi connectivity index (χ0n) is 19.2. The third kappa shape index (κ3) is 6.23. The summed E-state index contributed by atoms with van der Waals surface area (Å²) in [5.41, 5.74) is -1.51. The molecule has 12 nitrogen and oxygen atoms in total. The third-order valence-corrected chi connectivity index (χ3v) is 9.54. The number of hydrogen-bond donors (Lipinski definition) is 3. The highest BCUT2D eigenvalue weighted by molar-refractivity contribution is 7.93. The number of thiazole rings is 1. The Morgan fingerprint density at radius 1 is 1.15 bits per heavy atom. The minimum absolute atomic E-state index is 0.0696. The molecule has 39 heavy (non-hydrogen) atoms. The number of alkyl halides is 3. The number of hydrogen-bond acceptors (Lipinski definition) is 9. The average molecular weight is 607 g/mol. The van der Waals surface area contributed by atoms with Gasteiger partial charge in [0.2, 0.25) is 10.2 Å². The summed E-state index contributed by atoms with van der Waals surface area (Å²) in [6.07, 6.45) is -7.02. The number of carbonyl (C=O) groups is 2. The molecule has 208 valence electrons. The standard InChI is InChI=1S/C21H17F3N4O8S3/c22-21(23,24)12-2-1-3-15(8-12)39(34,35)28-11-14(10-18(29)27-38(32,33)20-25-6-7-37-20)36-17-5-4-13(9-16(17)28)26-19(30)31/h1-9,14,26H,10-11H2,(H,27,29)(H,30,31). The molecule has 0 bridgehead atoms. The topological polar surface area (TPSA) is 172 Å². The van der Waals surface area contributed by atoms with Crippen molar-refractivity contribution in [3.8, 4) is 5.75 Å². The highest BCUT2D eigenvalue weighted by Crippen LogP contribution is 2.40. The number of ether oxygens (including phenoxy) is 1. The maximum Gasteiger partial charge on any atom is 0.416 e. The van der Waals surface area contributed by atoms with Crippen molar-refractivity contribution in [2.75, 3.05) is 16.2 Å². The van der Waals surface area contributed by atoms with Gasteiger partial charge in [-0.3, -0.25) is 14.4 Å². The van der Waals surface area contributed by atoms with Crippen LogP contribution in [0.4, 0.5) is 29.3 Å². The Balaban J connectivity index is 1.69. The van der Waals surface area contributed by atoms with Gasteiger partial charge in [0.1, 0.15) is 11.9 Å². The fourth-order valence-electron chi connectivity index (χ4n) is 3.59. The van der Waals surface area contributed by atoms with E-state index in [-0.39, 0.29) is 21.5 Å². The molecule has 0 saturated heterocycles. The largest absolute Gasteiger partial charge is 0.486 e. The van der Waals surface area contributed by atoms with Gasteiger partial charge >= 0.3 is 12.3 Å². The van der Waals surface area contributed by atoms with Gasteiger partial charge in [-0.2, -0.15) is 21.6 Å². The number of amides is 2. The lowest BCUT2D eigenvalue weighted by molar-refractivity contribution is -0.137. The Hall–Kier alpha value is -3.90. The molecule has 0 fully saturated rings. The second kappa shape index (κ2) is 10.3. The number of rotatable bonds is 7. The van der Waals surface area contributed by atoms with Crippen LogP contribution in [0.2, 0.25) is 0 Å². The number of aromatic nitrogens is 1. The van der Waals surface area contributed by atoms with Gasteiger partial charge in [0.15, 0.2) is 0 Å². The van der Waals surface area contributed by atoms with E-state index in [0.29, 0.717) is 16.4 Å². The predicted octanol–water partition coefficient (Wildman–Crippen LogP) is 3.10. The summed E-state index contributed by atoms with van der Waals surface area (Å²) in [5.74, 6) is -1.20. The first-order valence-corrected chi connectivity index (χ1v) is 14.4. The second-order valence-corrected chi connectivity index (χ2v) is 12.6. The number of anilines is 2. The van der Waals surface area contributed by atoms with Crippen LogP contribution in [0, 0.1) is 0 Å².